The SMILES string of the molecule is C=N/C=C(F)\C=C(/C)Nc1nc(NCC(C)C)nc(-c2ccccc2F)n1. The van der Waals surface area contributed by atoms with Gasteiger partial charge in [0.1, 0.15) is 11.6 Å². The first-order chi connectivity index (χ1) is 12.9. The van der Waals surface area contributed by atoms with Gasteiger partial charge in [-0.3, -0.25) is 4.99 Å². The van der Waals surface area contributed by atoms with Gasteiger partial charge < -0.3 is 10.6 Å². The molecular formula is C19H22F2N6. The Kier molecular flexibility index (Phi) is 7.10. The molecule has 1 aromatic heterocycles. The lowest BCUT2D eigenvalue weighted by atomic mass is 10.2. The van der Waals surface area contributed by atoms with Crippen LogP contribution in [-0.4, -0.2) is 28.2 Å². The first-order valence-corrected chi connectivity index (χ1v) is 8.40. The Balaban J connectivity index is 2.39. The summed E-state index contributed by atoms with van der Waals surface area (Å²) in [6.45, 7) is 9.56. The topological polar surface area (TPSA) is 75.1 Å². The molecule has 6 nitrogen and oxygen atoms in total. The van der Waals surface area contributed by atoms with Crippen molar-refractivity contribution in [2.45, 2.75) is 20.8 Å². The zero-order valence-corrected chi connectivity index (χ0v) is 15.5. The maximum absolute atomic E-state index is 14.1. The van der Waals surface area contributed by atoms with E-state index in [2.05, 4.69) is 37.3 Å². The first-order valence-electron chi connectivity index (χ1n) is 8.40. The van der Waals surface area contributed by atoms with Crippen molar-refractivity contribution in [3.05, 3.63) is 53.9 Å². The molecule has 0 aliphatic rings. The zero-order chi connectivity index (χ0) is 19.8. The zero-order valence-electron chi connectivity index (χ0n) is 15.5. The van der Waals surface area contributed by atoms with Crippen molar-refractivity contribution >= 4 is 18.6 Å². The molecule has 2 rings (SSSR count). The number of nitrogens with zero attached hydrogens (tertiary/aromatic N) is 4. The van der Waals surface area contributed by atoms with Crippen LogP contribution in [0, 0.1) is 11.7 Å². The number of hydrogen-bond donors (Lipinski definition) is 2. The molecule has 0 aliphatic heterocycles. The van der Waals surface area contributed by atoms with Crippen LogP contribution in [0.15, 0.2) is 53.1 Å². The Morgan fingerprint density at radius 2 is 1.93 bits per heavy atom. The highest BCUT2D eigenvalue weighted by molar-refractivity contribution is 5.59. The van der Waals surface area contributed by atoms with E-state index in [0.717, 1.165) is 6.20 Å². The third kappa shape index (κ3) is 6.25. The largest absolute Gasteiger partial charge is 0.354 e. The fourth-order valence-corrected chi connectivity index (χ4v) is 2.11. The second-order valence-corrected chi connectivity index (χ2v) is 6.21. The predicted molar refractivity (Wildman–Crippen MR) is 105 cm³/mol. The van der Waals surface area contributed by atoms with Crippen LogP contribution in [-0.2, 0) is 0 Å². The number of benzene rings is 1. The molecule has 27 heavy (non-hydrogen) atoms. The van der Waals surface area contributed by atoms with Crippen LogP contribution in [0.2, 0.25) is 0 Å². The summed E-state index contributed by atoms with van der Waals surface area (Å²) in [5.41, 5.74) is 0.687. The molecule has 2 aromatic rings. The minimum Gasteiger partial charge on any atom is -0.354 e. The monoisotopic (exact) mass is 372 g/mol. The van der Waals surface area contributed by atoms with Crippen molar-refractivity contribution in [3.8, 4) is 11.4 Å². The maximum Gasteiger partial charge on any atom is 0.232 e. The van der Waals surface area contributed by atoms with Crippen LogP contribution in [0.25, 0.3) is 11.4 Å². The molecule has 0 unspecified atom stereocenters. The van der Waals surface area contributed by atoms with Gasteiger partial charge in [0.05, 0.1) is 11.8 Å². The van der Waals surface area contributed by atoms with Gasteiger partial charge in [0, 0.05) is 12.2 Å². The quantitative estimate of drug-likeness (QED) is 0.524. The lowest BCUT2D eigenvalue weighted by Gasteiger charge is -2.12. The van der Waals surface area contributed by atoms with Crippen molar-refractivity contribution in [1.29, 1.82) is 0 Å². The summed E-state index contributed by atoms with van der Waals surface area (Å²) in [6, 6.07) is 6.21. The summed E-state index contributed by atoms with van der Waals surface area (Å²) < 4.78 is 27.7. The number of rotatable bonds is 8. The van der Waals surface area contributed by atoms with Crippen LogP contribution >= 0.6 is 0 Å². The molecule has 0 radical (unpaired) electrons. The molecule has 0 saturated carbocycles. The molecule has 8 heteroatoms. The van der Waals surface area contributed by atoms with Crippen LogP contribution in [0.1, 0.15) is 20.8 Å². The molecular weight excluding hydrogens is 350 g/mol. The van der Waals surface area contributed by atoms with Gasteiger partial charge in [0.2, 0.25) is 11.9 Å². The summed E-state index contributed by atoms with van der Waals surface area (Å²) in [5, 5.41) is 5.98. The minimum atomic E-state index is -0.573. The molecule has 2 N–H and O–H groups in total. The van der Waals surface area contributed by atoms with Crippen molar-refractivity contribution in [1.82, 2.24) is 15.0 Å². The second-order valence-electron chi connectivity index (χ2n) is 6.21. The number of anilines is 2. The number of aromatic nitrogens is 3. The van der Waals surface area contributed by atoms with E-state index in [0.29, 0.717) is 24.1 Å². The van der Waals surface area contributed by atoms with E-state index in [1.165, 1.54) is 12.1 Å². The molecule has 0 bridgehead atoms. The first kappa shape index (κ1) is 20.2. The van der Waals surface area contributed by atoms with Gasteiger partial charge in [-0.25, -0.2) is 8.78 Å². The average Bonchev–Trinajstić information content (AvgIpc) is 2.60. The third-order valence-electron chi connectivity index (χ3n) is 3.30. The third-order valence-corrected chi connectivity index (χ3v) is 3.30. The van der Waals surface area contributed by atoms with Gasteiger partial charge in [-0.1, -0.05) is 26.0 Å². The fourth-order valence-electron chi connectivity index (χ4n) is 2.11. The van der Waals surface area contributed by atoms with E-state index < -0.39 is 11.6 Å². The van der Waals surface area contributed by atoms with Crippen LogP contribution in [0.3, 0.4) is 0 Å². The Morgan fingerprint density at radius 1 is 1.22 bits per heavy atom. The molecule has 0 aliphatic carbocycles. The van der Waals surface area contributed by atoms with Gasteiger partial charge in [-0.2, -0.15) is 15.0 Å². The lowest BCUT2D eigenvalue weighted by molar-refractivity contribution is 0.630. The summed E-state index contributed by atoms with van der Waals surface area (Å²) in [4.78, 5) is 16.2. The average molecular weight is 372 g/mol. The van der Waals surface area contributed by atoms with Crippen molar-refractivity contribution in [2.75, 3.05) is 17.2 Å². The molecule has 1 aromatic carbocycles. The van der Waals surface area contributed by atoms with Gasteiger partial charge in [-0.05, 0) is 37.8 Å². The number of aliphatic imine (C=N–C) groups is 1. The minimum absolute atomic E-state index is 0.169. The standard InChI is InChI=1S/C19H22F2N6/c1-12(2)10-23-18-25-17(15-7-5-6-8-16(15)21)26-19(27-18)24-13(3)9-14(20)11-22-4/h5-9,11-12H,4,10H2,1-3H3,(H2,23,24,25,26,27)/b13-9+,14-11+. The van der Waals surface area contributed by atoms with Gasteiger partial charge in [-0.15, -0.1) is 0 Å². The van der Waals surface area contributed by atoms with Gasteiger partial charge >= 0.3 is 0 Å². The molecule has 0 fully saturated rings. The van der Waals surface area contributed by atoms with E-state index in [1.54, 1.807) is 25.1 Å². The lowest BCUT2D eigenvalue weighted by Crippen LogP contribution is -2.13. The number of hydrogen-bond acceptors (Lipinski definition) is 6. The van der Waals surface area contributed by atoms with E-state index in [-0.39, 0.29) is 17.3 Å². The summed E-state index contributed by atoms with van der Waals surface area (Å²) in [7, 11) is 0. The van der Waals surface area contributed by atoms with Crippen molar-refractivity contribution in [3.63, 3.8) is 0 Å². The summed E-state index contributed by atoms with van der Waals surface area (Å²) in [5.74, 6) is -0.00581. The summed E-state index contributed by atoms with van der Waals surface area (Å²) >= 11 is 0. The van der Waals surface area contributed by atoms with E-state index in [9.17, 15) is 8.78 Å². The molecule has 142 valence electrons. The Morgan fingerprint density at radius 3 is 2.59 bits per heavy atom. The fraction of sp³-hybridized carbons (Fsp3) is 0.263. The Labute approximate surface area is 157 Å². The van der Waals surface area contributed by atoms with Gasteiger partial charge in [0.15, 0.2) is 5.82 Å². The molecule has 0 saturated heterocycles. The van der Waals surface area contributed by atoms with Crippen LogP contribution in [0.5, 0.6) is 0 Å². The molecule has 1 heterocycles. The second kappa shape index (κ2) is 9.51. The normalized spacial score (nSPS) is 12.2. The highest BCUT2D eigenvalue weighted by Gasteiger charge is 2.12. The van der Waals surface area contributed by atoms with Crippen LogP contribution in [0.4, 0.5) is 20.7 Å². The molecule has 0 atom stereocenters. The Bertz CT molecular complexity index is 861. The maximum atomic E-state index is 14.1. The van der Waals surface area contributed by atoms with Crippen LogP contribution < -0.4 is 10.6 Å². The van der Waals surface area contributed by atoms with E-state index >= 15 is 0 Å². The molecule has 0 amide bonds. The van der Waals surface area contributed by atoms with Gasteiger partial charge in [0.25, 0.3) is 0 Å². The van der Waals surface area contributed by atoms with E-state index in [1.807, 2.05) is 13.8 Å². The Hall–Kier alpha value is -3.16. The van der Waals surface area contributed by atoms with Crippen molar-refractivity contribution in [2.24, 2.45) is 10.9 Å². The predicted octanol–water partition coefficient (Wildman–Crippen LogP) is 4.57. The van der Waals surface area contributed by atoms with E-state index in [4.69, 9.17) is 0 Å². The highest BCUT2D eigenvalue weighted by atomic mass is 19.1. The molecule has 0 spiro atoms. The summed E-state index contributed by atoms with van der Waals surface area (Å²) in [6.07, 6.45) is 2.21. The smallest absolute Gasteiger partial charge is 0.232 e. The highest BCUT2D eigenvalue weighted by Crippen LogP contribution is 2.21. The number of allylic oxidation sites excluding steroid dienone is 3. The van der Waals surface area contributed by atoms with Crippen molar-refractivity contribution < 1.29 is 8.78 Å². The number of halogens is 2. The number of nitrogens with one attached hydrogen (secondary N) is 2.